The molecule has 0 saturated carbocycles. The van der Waals surface area contributed by atoms with Gasteiger partial charge in [0.05, 0.1) is 11.2 Å². The molecule has 0 N–H and O–H groups in total. The van der Waals surface area contributed by atoms with Crippen LogP contribution in [0, 0.1) is 0 Å². The molecule has 1 aliphatic rings. The van der Waals surface area contributed by atoms with Crippen LogP contribution in [0.2, 0.25) is 0 Å². The smallest absolute Gasteiger partial charge is 0.235 e. The topological polar surface area (TPSA) is 72.1 Å². The fourth-order valence-electron chi connectivity index (χ4n) is 3.12. The number of thioether (sulfide) groups is 1. The molecular weight excluding hydrogens is 356 g/mol. The zero-order valence-electron chi connectivity index (χ0n) is 13.8. The molecule has 0 aliphatic carbocycles. The Bertz CT molecular complexity index is 832. The molecule has 1 saturated heterocycles. The molecule has 2 aromatic heterocycles. The number of likely N-dealkylation sites (tertiary alicyclic amines) is 1. The second-order valence-corrected chi connectivity index (χ2v) is 8.53. The van der Waals surface area contributed by atoms with E-state index in [1.54, 1.807) is 5.51 Å². The largest absolute Gasteiger partial charge is 0.440 e. The average Bonchev–Trinajstić information content (AvgIpc) is 3.30. The molecule has 1 amide bonds. The SMILES string of the molecule is CC(Sc1nncs1)C(=O)N1CCCC(c2nc3ccccc3o2)C1. The van der Waals surface area contributed by atoms with E-state index in [1.807, 2.05) is 36.1 Å². The van der Waals surface area contributed by atoms with Crippen molar-refractivity contribution in [1.29, 1.82) is 0 Å². The lowest BCUT2D eigenvalue weighted by atomic mass is 9.98. The van der Waals surface area contributed by atoms with Crippen molar-refractivity contribution in [3.63, 3.8) is 0 Å². The van der Waals surface area contributed by atoms with E-state index in [9.17, 15) is 4.79 Å². The summed E-state index contributed by atoms with van der Waals surface area (Å²) in [5.74, 6) is 1.04. The van der Waals surface area contributed by atoms with Gasteiger partial charge in [-0.1, -0.05) is 35.2 Å². The fourth-order valence-corrected chi connectivity index (χ4v) is 4.83. The average molecular weight is 374 g/mol. The molecule has 3 heterocycles. The van der Waals surface area contributed by atoms with Gasteiger partial charge in [0.25, 0.3) is 0 Å². The number of carbonyl (C=O) groups excluding carboxylic acids is 1. The highest BCUT2D eigenvalue weighted by atomic mass is 32.2. The summed E-state index contributed by atoms with van der Waals surface area (Å²) in [6, 6.07) is 7.78. The number of amides is 1. The minimum absolute atomic E-state index is 0.140. The van der Waals surface area contributed by atoms with Crippen LogP contribution in [-0.2, 0) is 4.79 Å². The normalized spacial score (nSPS) is 19.2. The van der Waals surface area contributed by atoms with Crippen LogP contribution in [0.25, 0.3) is 11.1 Å². The molecule has 4 rings (SSSR count). The number of aromatic nitrogens is 3. The third-order valence-corrected chi connectivity index (χ3v) is 6.26. The summed E-state index contributed by atoms with van der Waals surface area (Å²) in [7, 11) is 0. The minimum Gasteiger partial charge on any atom is -0.440 e. The lowest BCUT2D eigenvalue weighted by molar-refractivity contribution is -0.131. The van der Waals surface area contributed by atoms with Crippen molar-refractivity contribution in [2.24, 2.45) is 0 Å². The van der Waals surface area contributed by atoms with Gasteiger partial charge in [-0.05, 0) is 31.9 Å². The standard InChI is InChI=1S/C17H18N4O2S2/c1-11(25-17-20-18-10-24-17)16(22)21-8-4-5-12(9-21)15-19-13-6-2-3-7-14(13)23-15/h2-3,6-7,10-12H,4-5,8-9H2,1H3. The molecule has 1 fully saturated rings. The zero-order chi connectivity index (χ0) is 17.2. The molecule has 1 aromatic carbocycles. The van der Waals surface area contributed by atoms with Crippen molar-refractivity contribution in [1.82, 2.24) is 20.1 Å². The van der Waals surface area contributed by atoms with E-state index in [-0.39, 0.29) is 17.1 Å². The van der Waals surface area contributed by atoms with Gasteiger partial charge in [-0.2, -0.15) is 0 Å². The highest BCUT2D eigenvalue weighted by molar-refractivity contribution is 8.02. The number of piperidine rings is 1. The lowest BCUT2D eigenvalue weighted by Gasteiger charge is -2.32. The van der Waals surface area contributed by atoms with Crippen LogP contribution >= 0.6 is 23.1 Å². The number of hydrogen-bond acceptors (Lipinski definition) is 7. The molecule has 25 heavy (non-hydrogen) atoms. The highest BCUT2D eigenvalue weighted by Gasteiger charge is 2.30. The van der Waals surface area contributed by atoms with Crippen molar-refractivity contribution in [3.05, 3.63) is 35.7 Å². The van der Waals surface area contributed by atoms with Crippen molar-refractivity contribution in [3.8, 4) is 0 Å². The Morgan fingerprint density at radius 1 is 1.44 bits per heavy atom. The lowest BCUT2D eigenvalue weighted by Crippen LogP contribution is -2.42. The summed E-state index contributed by atoms with van der Waals surface area (Å²) in [6.07, 6.45) is 1.96. The maximum atomic E-state index is 12.8. The maximum Gasteiger partial charge on any atom is 0.235 e. The molecule has 3 aromatic rings. The van der Waals surface area contributed by atoms with Gasteiger partial charge in [0.1, 0.15) is 11.0 Å². The summed E-state index contributed by atoms with van der Waals surface area (Å²) >= 11 is 2.93. The Hall–Kier alpha value is -1.93. The predicted molar refractivity (Wildman–Crippen MR) is 97.8 cm³/mol. The van der Waals surface area contributed by atoms with E-state index in [1.165, 1.54) is 23.1 Å². The van der Waals surface area contributed by atoms with Crippen LogP contribution in [0.5, 0.6) is 0 Å². The first kappa shape index (κ1) is 16.5. The Labute approximate surface area is 153 Å². The molecule has 8 heteroatoms. The van der Waals surface area contributed by atoms with Gasteiger partial charge in [0.15, 0.2) is 15.8 Å². The molecule has 0 bridgehead atoms. The first-order chi connectivity index (χ1) is 12.2. The monoisotopic (exact) mass is 374 g/mol. The highest BCUT2D eigenvalue weighted by Crippen LogP contribution is 2.31. The molecule has 6 nitrogen and oxygen atoms in total. The number of carbonyl (C=O) groups is 1. The number of benzene rings is 1. The number of hydrogen-bond donors (Lipinski definition) is 0. The molecule has 2 unspecified atom stereocenters. The summed E-state index contributed by atoms with van der Waals surface area (Å²) in [5, 5.41) is 7.66. The predicted octanol–water partition coefficient (Wildman–Crippen LogP) is 3.57. The van der Waals surface area contributed by atoms with Gasteiger partial charge < -0.3 is 9.32 Å². The van der Waals surface area contributed by atoms with Crippen molar-refractivity contribution in [2.45, 2.75) is 35.3 Å². The molecule has 130 valence electrons. The number of oxazole rings is 1. The van der Waals surface area contributed by atoms with Gasteiger partial charge in [-0.3, -0.25) is 4.79 Å². The maximum absolute atomic E-state index is 12.8. The zero-order valence-corrected chi connectivity index (χ0v) is 15.4. The third kappa shape index (κ3) is 3.55. The number of rotatable bonds is 4. The second kappa shape index (κ2) is 7.13. The Kier molecular flexibility index (Phi) is 4.72. The van der Waals surface area contributed by atoms with Gasteiger partial charge in [-0.25, -0.2) is 4.98 Å². The fraction of sp³-hybridized carbons (Fsp3) is 0.412. The molecular formula is C17H18N4O2S2. The van der Waals surface area contributed by atoms with Crippen LogP contribution in [0.1, 0.15) is 31.6 Å². The molecule has 0 spiro atoms. The summed E-state index contributed by atoms with van der Waals surface area (Å²) in [6.45, 7) is 3.38. The third-order valence-electron chi connectivity index (χ3n) is 4.36. The van der Waals surface area contributed by atoms with Gasteiger partial charge in [0.2, 0.25) is 5.91 Å². The van der Waals surface area contributed by atoms with Gasteiger partial charge in [-0.15, -0.1) is 10.2 Å². The van der Waals surface area contributed by atoms with Gasteiger partial charge >= 0.3 is 0 Å². The quantitative estimate of drug-likeness (QED) is 0.650. The first-order valence-corrected chi connectivity index (χ1v) is 10.0. The Morgan fingerprint density at radius 3 is 3.12 bits per heavy atom. The van der Waals surface area contributed by atoms with Crippen molar-refractivity contribution in [2.75, 3.05) is 13.1 Å². The van der Waals surface area contributed by atoms with E-state index < -0.39 is 0 Å². The summed E-state index contributed by atoms with van der Waals surface area (Å²) in [4.78, 5) is 19.3. The first-order valence-electron chi connectivity index (χ1n) is 8.28. The second-order valence-electron chi connectivity index (χ2n) is 6.11. The Balaban J connectivity index is 1.45. The molecule has 1 aliphatic heterocycles. The van der Waals surface area contributed by atoms with Crippen LogP contribution in [0.3, 0.4) is 0 Å². The van der Waals surface area contributed by atoms with E-state index in [0.29, 0.717) is 6.54 Å². The minimum atomic E-state index is -0.171. The van der Waals surface area contributed by atoms with Crippen LogP contribution in [0.15, 0.2) is 38.5 Å². The van der Waals surface area contributed by atoms with Crippen molar-refractivity contribution >= 4 is 40.1 Å². The Morgan fingerprint density at radius 2 is 2.32 bits per heavy atom. The van der Waals surface area contributed by atoms with Crippen LogP contribution < -0.4 is 0 Å². The van der Waals surface area contributed by atoms with E-state index in [0.717, 1.165) is 40.7 Å². The van der Waals surface area contributed by atoms with E-state index in [2.05, 4.69) is 15.2 Å². The summed E-state index contributed by atoms with van der Waals surface area (Å²) < 4.78 is 6.74. The van der Waals surface area contributed by atoms with Crippen LogP contribution in [0.4, 0.5) is 0 Å². The number of fused-ring (bicyclic) bond motifs is 1. The van der Waals surface area contributed by atoms with Gasteiger partial charge in [0, 0.05) is 13.1 Å². The van der Waals surface area contributed by atoms with E-state index in [4.69, 9.17) is 4.42 Å². The molecule has 0 radical (unpaired) electrons. The summed E-state index contributed by atoms with van der Waals surface area (Å²) in [5.41, 5.74) is 3.37. The number of para-hydroxylation sites is 2. The van der Waals surface area contributed by atoms with Crippen LogP contribution in [-0.4, -0.2) is 44.3 Å². The molecule has 2 atom stereocenters. The van der Waals surface area contributed by atoms with Crippen molar-refractivity contribution < 1.29 is 9.21 Å². The number of nitrogens with zero attached hydrogens (tertiary/aromatic N) is 4. The van der Waals surface area contributed by atoms with E-state index >= 15 is 0 Å².